The minimum atomic E-state index is -3.29. The summed E-state index contributed by atoms with van der Waals surface area (Å²) in [6.07, 6.45) is 0.824. The van der Waals surface area contributed by atoms with Crippen molar-refractivity contribution in [3.05, 3.63) is 17.5 Å². The molecule has 5 nitrogen and oxygen atoms in total. The van der Waals surface area contributed by atoms with E-state index in [1.807, 2.05) is 0 Å². The Labute approximate surface area is 124 Å². The number of nitrogens with one attached hydrogen (secondary N) is 1. The maximum absolute atomic E-state index is 11.8. The molecule has 0 saturated carbocycles. The zero-order chi connectivity index (χ0) is 12.8. The summed E-state index contributed by atoms with van der Waals surface area (Å²) in [5.74, 6) is 0. The van der Waals surface area contributed by atoms with Gasteiger partial charge in [-0.05, 0) is 24.4 Å². The first-order valence-corrected chi connectivity index (χ1v) is 8.38. The minimum absolute atomic E-state index is 0. The molecule has 8 heteroatoms. The van der Waals surface area contributed by atoms with Crippen molar-refractivity contribution in [3.63, 3.8) is 0 Å². The molecular formula is C11H19ClN2O3S2. The molecule has 0 aliphatic carbocycles. The molecule has 0 unspecified atom stereocenters. The van der Waals surface area contributed by atoms with Gasteiger partial charge in [0.1, 0.15) is 4.21 Å². The molecule has 110 valence electrons. The molecule has 1 N–H and O–H groups in total. The lowest BCUT2D eigenvalue weighted by Crippen LogP contribution is -2.38. The van der Waals surface area contributed by atoms with Crippen LogP contribution in [0.15, 0.2) is 21.7 Å². The minimum Gasteiger partial charge on any atom is -0.379 e. The average Bonchev–Trinajstić information content (AvgIpc) is 2.91. The van der Waals surface area contributed by atoms with Crippen molar-refractivity contribution in [2.75, 3.05) is 39.4 Å². The number of morpholine rings is 1. The number of hydrogen-bond acceptors (Lipinski definition) is 5. The van der Waals surface area contributed by atoms with Crippen LogP contribution >= 0.6 is 23.7 Å². The van der Waals surface area contributed by atoms with Gasteiger partial charge in [-0.3, -0.25) is 4.90 Å². The number of thiophene rings is 1. The van der Waals surface area contributed by atoms with Gasteiger partial charge in [0.05, 0.1) is 13.2 Å². The molecular weight excluding hydrogens is 308 g/mol. The lowest BCUT2D eigenvalue weighted by molar-refractivity contribution is 0.0376. The van der Waals surface area contributed by atoms with Gasteiger partial charge < -0.3 is 4.74 Å². The standard InChI is InChI=1S/C11H18N2O3S2.ClH/c14-18(15,11-3-1-10-17-11)12-4-2-5-13-6-8-16-9-7-13;/h1,3,10,12H,2,4-9H2;1H. The van der Waals surface area contributed by atoms with E-state index in [4.69, 9.17) is 4.74 Å². The molecule has 0 amide bonds. The molecule has 1 aliphatic rings. The fourth-order valence-corrected chi connectivity index (χ4v) is 3.93. The molecule has 0 spiro atoms. The Bertz CT molecular complexity index is 445. The molecule has 0 radical (unpaired) electrons. The predicted octanol–water partition coefficient (Wildman–Crippen LogP) is 1.17. The summed E-state index contributed by atoms with van der Waals surface area (Å²) in [5.41, 5.74) is 0. The van der Waals surface area contributed by atoms with Crippen LogP contribution in [0.25, 0.3) is 0 Å². The van der Waals surface area contributed by atoms with Crippen molar-refractivity contribution in [2.24, 2.45) is 0 Å². The molecule has 19 heavy (non-hydrogen) atoms. The largest absolute Gasteiger partial charge is 0.379 e. The summed E-state index contributed by atoms with van der Waals surface area (Å²) in [5, 5.41) is 1.77. The van der Waals surface area contributed by atoms with E-state index in [1.165, 1.54) is 11.3 Å². The molecule has 1 aliphatic heterocycles. The fourth-order valence-electron chi connectivity index (χ4n) is 1.82. The molecule has 0 bridgehead atoms. The lowest BCUT2D eigenvalue weighted by atomic mass is 10.3. The highest BCUT2D eigenvalue weighted by atomic mass is 35.5. The number of nitrogens with zero attached hydrogens (tertiary/aromatic N) is 1. The second-order valence-electron chi connectivity index (χ2n) is 4.14. The van der Waals surface area contributed by atoms with Crippen molar-refractivity contribution in [3.8, 4) is 0 Å². The van der Waals surface area contributed by atoms with Gasteiger partial charge in [-0.25, -0.2) is 13.1 Å². The SMILES string of the molecule is Cl.O=S(=O)(NCCCN1CCOCC1)c1cccs1. The Morgan fingerprint density at radius 3 is 2.74 bits per heavy atom. The first kappa shape index (κ1) is 16.9. The van der Waals surface area contributed by atoms with E-state index in [2.05, 4.69) is 9.62 Å². The summed E-state index contributed by atoms with van der Waals surface area (Å²) in [6.45, 7) is 4.84. The van der Waals surface area contributed by atoms with Gasteiger partial charge in [-0.2, -0.15) is 0 Å². The van der Waals surface area contributed by atoms with Crippen molar-refractivity contribution < 1.29 is 13.2 Å². The second kappa shape index (κ2) is 8.18. The maximum Gasteiger partial charge on any atom is 0.250 e. The maximum atomic E-state index is 11.8. The molecule has 1 saturated heterocycles. The molecule has 2 heterocycles. The first-order chi connectivity index (χ1) is 8.68. The van der Waals surface area contributed by atoms with Gasteiger partial charge in [0, 0.05) is 19.6 Å². The highest BCUT2D eigenvalue weighted by Gasteiger charge is 2.14. The van der Waals surface area contributed by atoms with Crippen LogP contribution in [-0.2, 0) is 14.8 Å². The highest BCUT2D eigenvalue weighted by molar-refractivity contribution is 7.91. The molecule has 1 aromatic heterocycles. The second-order valence-corrected chi connectivity index (χ2v) is 7.08. The van der Waals surface area contributed by atoms with Gasteiger partial charge in [0.15, 0.2) is 0 Å². The van der Waals surface area contributed by atoms with Crippen LogP contribution in [0.2, 0.25) is 0 Å². The van der Waals surface area contributed by atoms with Crippen LogP contribution in [0.3, 0.4) is 0 Å². The van der Waals surface area contributed by atoms with E-state index in [9.17, 15) is 8.42 Å². The zero-order valence-corrected chi connectivity index (χ0v) is 13.0. The van der Waals surface area contributed by atoms with Crippen molar-refractivity contribution in [2.45, 2.75) is 10.6 Å². The number of hydrogen-bond donors (Lipinski definition) is 1. The fraction of sp³-hybridized carbons (Fsp3) is 0.636. The third-order valence-corrected chi connectivity index (χ3v) is 5.67. The molecule has 0 aromatic carbocycles. The summed E-state index contributed by atoms with van der Waals surface area (Å²) in [7, 11) is -3.29. The molecule has 2 rings (SSSR count). The smallest absolute Gasteiger partial charge is 0.250 e. The van der Waals surface area contributed by atoms with Gasteiger partial charge >= 0.3 is 0 Å². The van der Waals surface area contributed by atoms with Gasteiger partial charge in [0.25, 0.3) is 0 Å². The molecule has 1 aromatic rings. The summed E-state index contributed by atoms with van der Waals surface area (Å²) in [4.78, 5) is 2.29. The Balaban J connectivity index is 0.00000180. The van der Waals surface area contributed by atoms with Crippen LogP contribution in [-0.4, -0.2) is 52.7 Å². The van der Waals surface area contributed by atoms with Crippen LogP contribution < -0.4 is 4.72 Å². The van der Waals surface area contributed by atoms with E-state index in [0.717, 1.165) is 39.3 Å². The van der Waals surface area contributed by atoms with Crippen LogP contribution in [0.1, 0.15) is 6.42 Å². The lowest BCUT2D eigenvalue weighted by Gasteiger charge is -2.26. The van der Waals surface area contributed by atoms with E-state index in [0.29, 0.717) is 10.8 Å². The Kier molecular flexibility index (Phi) is 7.27. The molecule has 1 fully saturated rings. The van der Waals surface area contributed by atoms with Gasteiger partial charge in [-0.15, -0.1) is 23.7 Å². The highest BCUT2D eigenvalue weighted by Crippen LogP contribution is 2.14. The Morgan fingerprint density at radius 2 is 2.11 bits per heavy atom. The van der Waals surface area contributed by atoms with E-state index in [1.54, 1.807) is 17.5 Å². The van der Waals surface area contributed by atoms with Crippen molar-refractivity contribution in [1.82, 2.24) is 9.62 Å². The quantitative estimate of drug-likeness (QED) is 0.797. The topological polar surface area (TPSA) is 58.6 Å². The monoisotopic (exact) mass is 326 g/mol. The Morgan fingerprint density at radius 1 is 1.37 bits per heavy atom. The number of rotatable bonds is 6. The van der Waals surface area contributed by atoms with Crippen LogP contribution in [0.5, 0.6) is 0 Å². The normalized spacial score (nSPS) is 17.1. The van der Waals surface area contributed by atoms with Crippen molar-refractivity contribution >= 4 is 33.8 Å². The Hall–Kier alpha value is -0.180. The summed E-state index contributed by atoms with van der Waals surface area (Å²) >= 11 is 1.24. The van der Waals surface area contributed by atoms with E-state index < -0.39 is 10.0 Å². The van der Waals surface area contributed by atoms with E-state index in [-0.39, 0.29) is 12.4 Å². The van der Waals surface area contributed by atoms with Crippen LogP contribution in [0.4, 0.5) is 0 Å². The van der Waals surface area contributed by atoms with Crippen LogP contribution in [0, 0.1) is 0 Å². The van der Waals surface area contributed by atoms with Gasteiger partial charge in [-0.1, -0.05) is 6.07 Å². The third-order valence-electron chi connectivity index (χ3n) is 2.81. The number of ether oxygens (including phenoxy) is 1. The van der Waals surface area contributed by atoms with E-state index >= 15 is 0 Å². The van der Waals surface area contributed by atoms with Gasteiger partial charge in [0.2, 0.25) is 10.0 Å². The average molecular weight is 327 g/mol. The number of sulfonamides is 1. The number of halogens is 1. The summed E-state index contributed by atoms with van der Waals surface area (Å²) in [6, 6.07) is 3.36. The first-order valence-electron chi connectivity index (χ1n) is 6.02. The zero-order valence-electron chi connectivity index (χ0n) is 10.6. The predicted molar refractivity (Wildman–Crippen MR) is 78.6 cm³/mol. The summed E-state index contributed by atoms with van der Waals surface area (Å²) < 4.78 is 31.9. The van der Waals surface area contributed by atoms with Crippen molar-refractivity contribution in [1.29, 1.82) is 0 Å². The third kappa shape index (κ3) is 5.37. The molecule has 0 atom stereocenters.